The summed E-state index contributed by atoms with van der Waals surface area (Å²) in [4.78, 5) is 31.5. The van der Waals surface area contributed by atoms with Gasteiger partial charge in [-0.25, -0.2) is 14.4 Å². The van der Waals surface area contributed by atoms with Crippen molar-refractivity contribution in [3.05, 3.63) is 76.6 Å². The average Bonchev–Trinajstić information content (AvgIpc) is 2.95. The number of fused-ring (bicyclic) bond motifs is 1. The van der Waals surface area contributed by atoms with Crippen molar-refractivity contribution < 1.29 is 9.50 Å². The lowest BCUT2D eigenvalue weighted by Gasteiger charge is -2.32. The first-order valence-corrected chi connectivity index (χ1v) is 13.8. The lowest BCUT2D eigenvalue weighted by atomic mass is 10.0. The molecule has 10 heteroatoms. The largest absolute Gasteiger partial charge is 0.393 e. The van der Waals surface area contributed by atoms with Crippen LogP contribution in [0.15, 0.2) is 59.7 Å². The summed E-state index contributed by atoms with van der Waals surface area (Å²) in [6, 6.07) is 12.6. The number of halogens is 1. The summed E-state index contributed by atoms with van der Waals surface area (Å²) in [5.41, 5.74) is 3.40. The van der Waals surface area contributed by atoms with Crippen LogP contribution in [0, 0.1) is 5.82 Å². The van der Waals surface area contributed by atoms with Crippen LogP contribution in [0.1, 0.15) is 18.4 Å². The van der Waals surface area contributed by atoms with Gasteiger partial charge in [0.1, 0.15) is 11.6 Å². The number of aliphatic hydroxyl groups excluding tert-OH is 1. The van der Waals surface area contributed by atoms with E-state index < -0.39 is 0 Å². The molecule has 0 unspecified atom stereocenters. The maximum atomic E-state index is 15.4. The highest BCUT2D eigenvalue weighted by Gasteiger charge is 2.19. The minimum Gasteiger partial charge on any atom is -0.393 e. The molecule has 1 aromatic carbocycles. The van der Waals surface area contributed by atoms with Crippen molar-refractivity contribution in [2.24, 2.45) is 0 Å². The quantitative estimate of drug-likeness (QED) is 0.339. The van der Waals surface area contributed by atoms with Crippen LogP contribution in [-0.4, -0.2) is 82.3 Å². The van der Waals surface area contributed by atoms with Crippen LogP contribution in [0.4, 0.5) is 21.6 Å². The fourth-order valence-electron chi connectivity index (χ4n) is 5.47. The Morgan fingerprint density at radius 1 is 1.05 bits per heavy atom. The molecule has 0 aliphatic carbocycles. The number of aromatic nitrogens is 3. The van der Waals surface area contributed by atoms with Gasteiger partial charge in [0.25, 0.3) is 5.56 Å². The molecule has 0 saturated carbocycles. The molecule has 2 fully saturated rings. The van der Waals surface area contributed by atoms with Gasteiger partial charge in [-0.05, 0) is 61.9 Å². The molecule has 0 amide bonds. The van der Waals surface area contributed by atoms with Gasteiger partial charge in [0, 0.05) is 57.6 Å². The third-order valence-corrected chi connectivity index (χ3v) is 7.88. The van der Waals surface area contributed by atoms with Crippen molar-refractivity contribution in [3.63, 3.8) is 0 Å². The van der Waals surface area contributed by atoms with E-state index in [0.29, 0.717) is 40.2 Å². The highest BCUT2D eigenvalue weighted by atomic mass is 19.1. The molecule has 0 radical (unpaired) electrons. The molecule has 9 nitrogen and oxygen atoms in total. The lowest BCUT2D eigenvalue weighted by molar-refractivity contribution is 0.145. The summed E-state index contributed by atoms with van der Waals surface area (Å²) < 4.78 is 15.4. The molecule has 40 heavy (non-hydrogen) atoms. The Labute approximate surface area is 232 Å². The summed E-state index contributed by atoms with van der Waals surface area (Å²) in [6.07, 6.45) is 4.57. The third-order valence-electron chi connectivity index (χ3n) is 7.88. The number of benzene rings is 1. The van der Waals surface area contributed by atoms with Gasteiger partial charge >= 0.3 is 0 Å². The normalized spacial score (nSPS) is 17.4. The molecular formula is C30H34FN7O2. The van der Waals surface area contributed by atoms with Crippen LogP contribution >= 0.6 is 0 Å². The number of piperidine rings is 1. The standard InChI is InChI=1S/C30H34FN7O2/c1-36-12-14-37(15-13-36)19-20-2-4-23(24(31)16-20)26-17-27(29-25(34-26)6-9-32-30(29)40)35-28-5-3-21(18-33-28)38-10-7-22(39)8-11-38/h2-6,9,16-18,22,39H,7-8,10-15,19H2,1H3,(H,32,40)(H,33,34,35). The number of aliphatic hydroxyl groups is 1. The number of rotatable bonds is 6. The number of aromatic amines is 1. The minimum absolute atomic E-state index is 0.240. The monoisotopic (exact) mass is 543 g/mol. The summed E-state index contributed by atoms with van der Waals surface area (Å²) in [6.45, 7) is 6.22. The number of pyridine rings is 3. The molecule has 6 rings (SSSR count). The number of anilines is 3. The van der Waals surface area contributed by atoms with Crippen LogP contribution in [0.5, 0.6) is 0 Å². The van der Waals surface area contributed by atoms with Gasteiger partial charge in [-0.1, -0.05) is 6.07 Å². The summed E-state index contributed by atoms with van der Waals surface area (Å²) >= 11 is 0. The topological polar surface area (TPSA) is 101 Å². The number of piperazine rings is 1. The molecule has 0 bridgehead atoms. The molecule has 208 valence electrons. The van der Waals surface area contributed by atoms with E-state index in [9.17, 15) is 9.90 Å². The second-order valence-corrected chi connectivity index (χ2v) is 10.8. The van der Waals surface area contributed by atoms with Gasteiger partial charge in [0.05, 0.1) is 40.3 Å². The second-order valence-electron chi connectivity index (χ2n) is 10.8. The zero-order valence-electron chi connectivity index (χ0n) is 22.6. The van der Waals surface area contributed by atoms with Crippen molar-refractivity contribution in [3.8, 4) is 11.3 Å². The van der Waals surface area contributed by atoms with Crippen molar-refractivity contribution in [2.75, 3.05) is 56.5 Å². The highest BCUT2D eigenvalue weighted by Crippen LogP contribution is 2.31. The Bertz CT molecular complexity index is 1540. The number of nitrogens with one attached hydrogen (secondary N) is 2. The molecule has 0 atom stereocenters. The Morgan fingerprint density at radius 2 is 1.85 bits per heavy atom. The average molecular weight is 544 g/mol. The molecule has 3 N–H and O–H groups in total. The predicted octanol–water partition coefficient (Wildman–Crippen LogP) is 3.58. The van der Waals surface area contributed by atoms with Gasteiger partial charge in [-0.15, -0.1) is 0 Å². The molecule has 0 spiro atoms. The first-order valence-electron chi connectivity index (χ1n) is 13.8. The second kappa shape index (κ2) is 11.3. The van der Waals surface area contributed by atoms with Crippen molar-refractivity contribution in [2.45, 2.75) is 25.5 Å². The zero-order chi connectivity index (χ0) is 27.6. The molecule has 4 aromatic rings. The molecule has 3 aromatic heterocycles. The van der Waals surface area contributed by atoms with Gasteiger partial charge in [0.2, 0.25) is 0 Å². The van der Waals surface area contributed by atoms with E-state index in [2.05, 4.69) is 42.0 Å². The summed E-state index contributed by atoms with van der Waals surface area (Å²) in [5, 5.41) is 13.4. The summed E-state index contributed by atoms with van der Waals surface area (Å²) in [7, 11) is 2.12. The van der Waals surface area contributed by atoms with E-state index in [1.807, 2.05) is 18.2 Å². The maximum absolute atomic E-state index is 15.4. The fraction of sp³-hybridized carbons (Fsp3) is 0.367. The predicted molar refractivity (Wildman–Crippen MR) is 156 cm³/mol. The smallest absolute Gasteiger partial charge is 0.259 e. The SMILES string of the molecule is CN1CCN(Cc2ccc(-c3cc(Nc4ccc(N5CCC(O)CC5)cn4)c4c(=O)[nH]ccc4n3)c(F)c2)CC1. The molecule has 5 heterocycles. The molecular weight excluding hydrogens is 509 g/mol. The fourth-order valence-corrected chi connectivity index (χ4v) is 5.47. The molecule has 2 aliphatic heterocycles. The summed E-state index contributed by atoms with van der Waals surface area (Å²) in [5.74, 6) is 0.217. The number of likely N-dealkylation sites (N-methyl/N-ethyl adjacent to an activating group) is 1. The van der Waals surface area contributed by atoms with E-state index in [4.69, 9.17) is 0 Å². The minimum atomic E-state index is -0.344. The van der Waals surface area contributed by atoms with Gasteiger partial charge < -0.3 is 25.2 Å². The van der Waals surface area contributed by atoms with Crippen molar-refractivity contribution in [1.82, 2.24) is 24.8 Å². The Kier molecular flexibility index (Phi) is 7.46. The maximum Gasteiger partial charge on any atom is 0.259 e. The van der Waals surface area contributed by atoms with Gasteiger partial charge in [0.15, 0.2) is 0 Å². The number of H-pyrrole nitrogens is 1. The first-order chi connectivity index (χ1) is 19.4. The van der Waals surface area contributed by atoms with E-state index in [1.54, 1.807) is 36.7 Å². The van der Waals surface area contributed by atoms with Crippen LogP contribution < -0.4 is 15.8 Å². The van der Waals surface area contributed by atoms with E-state index in [1.165, 1.54) is 0 Å². The van der Waals surface area contributed by atoms with E-state index in [0.717, 1.165) is 63.4 Å². The lowest BCUT2D eigenvalue weighted by Crippen LogP contribution is -2.43. The van der Waals surface area contributed by atoms with Gasteiger partial charge in [-0.2, -0.15) is 0 Å². The van der Waals surface area contributed by atoms with Gasteiger partial charge in [-0.3, -0.25) is 9.69 Å². The molecule has 2 aliphatic rings. The third kappa shape index (κ3) is 5.70. The van der Waals surface area contributed by atoms with Crippen molar-refractivity contribution in [1.29, 1.82) is 0 Å². The van der Waals surface area contributed by atoms with E-state index >= 15 is 4.39 Å². The van der Waals surface area contributed by atoms with Crippen LogP contribution in [0.3, 0.4) is 0 Å². The Balaban J connectivity index is 1.27. The van der Waals surface area contributed by atoms with Crippen molar-refractivity contribution >= 4 is 28.1 Å². The Hall–Kier alpha value is -3.86. The number of hydrogen-bond acceptors (Lipinski definition) is 8. The molecule has 2 saturated heterocycles. The van der Waals surface area contributed by atoms with E-state index in [-0.39, 0.29) is 17.5 Å². The van der Waals surface area contributed by atoms with Crippen LogP contribution in [0.2, 0.25) is 0 Å². The van der Waals surface area contributed by atoms with Crippen LogP contribution in [0.25, 0.3) is 22.2 Å². The first kappa shape index (κ1) is 26.4. The highest BCUT2D eigenvalue weighted by molar-refractivity contribution is 5.94. The zero-order valence-corrected chi connectivity index (χ0v) is 22.6. The Morgan fingerprint density at radius 3 is 2.58 bits per heavy atom. The number of hydrogen-bond donors (Lipinski definition) is 3. The number of nitrogens with zero attached hydrogens (tertiary/aromatic N) is 5. The van der Waals surface area contributed by atoms with Crippen LogP contribution in [-0.2, 0) is 6.54 Å².